The Kier molecular flexibility index (Phi) is 19.8. The number of nitrogens with one attached hydrogen (secondary N) is 1. The number of carboxylic acid groups (broad SMARTS) is 1. The predicted octanol–water partition coefficient (Wildman–Crippen LogP) is 5.75. The number of carbonyl (C=O) groups is 2. The summed E-state index contributed by atoms with van der Waals surface area (Å²) in [6.07, 6.45) is 5.62. The number of benzene rings is 5. The van der Waals surface area contributed by atoms with E-state index in [4.69, 9.17) is 9.47 Å². The summed E-state index contributed by atoms with van der Waals surface area (Å²) in [5.74, 6) is -3.30. The largest absolute Gasteiger partial charge is 0.744 e. The first kappa shape index (κ1) is 68.1. The van der Waals surface area contributed by atoms with E-state index in [1.54, 1.807) is 61.5 Å². The molecule has 0 fully saturated rings. The lowest BCUT2D eigenvalue weighted by Gasteiger charge is -2.31. The molecule has 5 aromatic carbocycles. The van der Waals surface area contributed by atoms with Crippen LogP contribution in [0.1, 0.15) is 84.1 Å². The van der Waals surface area contributed by atoms with Crippen LogP contribution in [0.15, 0.2) is 110 Å². The van der Waals surface area contributed by atoms with Gasteiger partial charge in [-0.25, -0.2) is 8.42 Å². The average Bonchev–Trinajstić information content (AvgIpc) is 1.61. The highest BCUT2D eigenvalue weighted by molar-refractivity contribution is 7.87. The molecule has 2 aliphatic heterocycles. The smallest absolute Gasteiger partial charge is 0.305 e. The third-order valence-electron chi connectivity index (χ3n) is 15.4. The minimum absolute atomic E-state index is 0.00761. The van der Waals surface area contributed by atoms with Crippen molar-refractivity contribution in [2.75, 3.05) is 63.5 Å². The monoisotopic (exact) mass is 1330 g/mol. The topological polar surface area (TPSA) is 420 Å². The van der Waals surface area contributed by atoms with Crippen molar-refractivity contribution < 1.29 is 107 Å². The summed E-state index contributed by atoms with van der Waals surface area (Å²) in [6, 6.07) is 11.6. The van der Waals surface area contributed by atoms with Gasteiger partial charge in [-0.3, -0.25) is 32.4 Å². The summed E-state index contributed by atoms with van der Waals surface area (Å²) in [4.78, 5) is 22.8. The van der Waals surface area contributed by atoms with Gasteiger partial charge in [0.05, 0.1) is 38.0 Å². The van der Waals surface area contributed by atoms with E-state index in [1.165, 1.54) is 50.6 Å². The number of carbonyl (C=O) groups excluding carboxylic acids is 1. The number of hydrogen-bond acceptors (Lipinski definition) is 18. The van der Waals surface area contributed by atoms with Gasteiger partial charge in [-0.05, 0) is 146 Å². The molecular weight excluding hydrogens is 1260 g/mol. The molecule has 1 amide bonds. The minimum atomic E-state index is -5.46. The van der Waals surface area contributed by atoms with Gasteiger partial charge < -0.3 is 29.3 Å². The standard InChI is InChI=1S/C55H63N3O23S6/c1-33-27-36(53(61)56-20-17-49(59)60)28-34(2)50(33)35(9-15-47-54(3,18-23-80-5)51-41-29-37(84(68,69)70)31-45(86(74,75)76)39(41)11-13-43(51)57(47)21-7-25-82(62,63)64)10-16-48-55(4,19-24-81-6)52-42-30-38(85(71,72)73)32-46(87(77,78)79)40(42)12-14-44(52)58(48)22-8-26-83(65,66)67/h9-16,27-32H,7-8,17-26H2,1-6H3,(H7-,56,59,60,61,62,63,64,65,66,67,68,69,70,71,72,73,74,75,76,77,78,79). The zero-order valence-electron chi connectivity index (χ0n) is 47.5. The van der Waals surface area contributed by atoms with E-state index < -0.39 is 115 Å². The molecule has 0 saturated carbocycles. The second-order valence-corrected chi connectivity index (χ2v) is 30.1. The van der Waals surface area contributed by atoms with Gasteiger partial charge in [0.1, 0.15) is 21.6 Å². The number of rotatable bonds is 26. The summed E-state index contributed by atoms with van der Waals surface area (Å²) < 4.78 is 229. The number of amides is 1. The molecule has 26 nitrogen and oxygen atoms in total. The van der Waals surface area contributed by atoms with Crippen LogP contribution < -0.4 is 10.2 Å². The lowest BCUT2D eigenvalue weighted by Crippen LogP contribution is -2.33. The molecule has 0 saturated heterocycles. The molecule has 0 aliphatic carbocycles. The second kappa shape index (κ2) is 25.3. The molecule has 0 bridgehead atoms. The highest BCUT2D eigenvalue weighted by atomic mass is 32.2. The quantitative estimate of drug-likeness (QED) is 0.0197. The van der Waals surface area contributed by atoms with Gasteiger partial charge >= 0.3 is 5.97 Å². The van der Waals surface area contributed by atoms with E-state index in [2.05, 4.69) is 5.32 Å². The van der Waals surface area contributed by atoms with Gasteiger partial charge in [0.15, 0.2) is 5.71 Å². The first-order valence-electron chi connectivity index (χ1n) is 26.3. The van der Waals surface area contributed by atoms with Crippen molar-refractivity contribution >= 4 is 117 Å². The Bertz CT molecular complexity index is 4500. The molecular formula is C55H63N3O23S6. The normalized spacial score (nSPS) is 18.4. The molecule has 2 atom stereocenters. The van der Waals surface area contributed by atoms with Crippen LogP contribution in [0, 0.1) is 13.8 Å². The Labute approximate surface area is 503 Å². The Morgan fingerprint density at radius 1 is 0.678 bits per heavy atom. The zero-order chi connectivity index (χ0) is 64.8. The van der Waals surface area contributed by atoms with Crippen molar-refractivity contribution in [3.8, 4) is 0 Å². The van der Waals surface area contributed by atoms with E-state index >= 15 is 0 Å². The summed E-state index contributed by atoms with van der Waals surface area (Å²) in [6.45, 7) is 6.03. The van der Waals surface area contributed by atoms with E-state index in [0.717, 1.165) is 12.1 Å². The highest BCUT2D eigenvalue weighted by Crippen LogP contribution is 2.54. The van der Waals surface area contributed by atoms with Crippen LogP contribution in [-0.2, 0) is 85.8 Å². The van der Waals surface area contributed by atoms with Gasteiger partial charge in [0, 0.05) is 97.8 Å². The molecule has 0 aromatic heterocycles. The van der Waals surface area contributed by atoms with Crippen molar-refractivity contribution in [1.29, 1.82) is 0 Å². The number of hydrogen-bond donors (Lipinski definition) is 7. The Morgan fingerprint density at radius 3 is 1.74 bits per heavy atom. The molecule has 7 N–H and O–H groups in total. The molecule has 7 rings (SSSR count). The Morgan fingerprint density at radius 2 is 1.21 bits per heavy atom. The maximum absolute atomic E-state index is 13.5. The van der Waals surface area contributed by atoms with Crippen LogP contribution >= 0.6 is 0 Å². The molecule has 2 heterocycles. The van der Waals surface area contributed by atoms with Gasteiger partial charge in [-0.2, -0.15) is 46.7 Å². The first-order valence-corrected chi connectivity index (χ1v) is 35.2. The number of carboxylic acids is 1. The van der Waals surface area contributed by atoms with E-state index in [-0.39, 0.29) is 115 Å². The second-order valence-electron chi connectivity index (χ2n) is 21.3. The van der Waals surface area contributed by atoms with Crippen molar-refractivity contribution in [1.82, 2.24) is 5.32 Å². The fourth-order valence-corrected chi connectivity index (χ4v) is 15.3. The van der Waals surface area contributed by atoms with Crippen LogP contribution in [0.2, 0.25) is 0 Å². The lowest BCUT2D eigenvalue weighted by molar-refractivity contribution is -0.437. The van der Waals surface area contributed by atoms with Gasteiger partial charge in [0.25, 0.3) is 56.5 Å². The third-order valence-corrected chi connectivity index (χ3v) is 20.4. The highest BCUT2D eigenvalue weighted by Gasteiger charge is 2.50. The number of allylic oxidation sites excluding steroid dienone is 6. The summed E-state index contributed by atoms with van der Waals surface area (Å²) >= 11 is 0. The maximum Gasteiger partial charge on any atom is 0.305 e. The van der Waals surface area contributed by atoms with Gasteiger partial charge in [-0.15, -0.1) is 0 Å². The fraction of sp³-hybridized carbons (Fsp3) is 0.364. The number of nitrogens with zero attached hydrogens (tertiary/aromatic N) is 2. The number of fused-ring (bicyclic) bond motifs is 6. The number of methoxy groups -OCH3 is 2. The Hall–Kier alpha value is -6.37. The number of ether oxygens (including phenoxy) is 2. The Balaban J connectivity index is 1.61. The van der Waals surface area contributed by atoms with Crippen LogP contribution in [0.4, 0.5) is 11.4 Å². The molecule has 2 unspecified atom stereocenters. The minimum Gasteiger partial charge on any atom is -0.744 e. The first-order chi connectivity index (χ1) is 40.2. The molecule has 0 radical (unpaired) electrons. The summed E-state index contributed by atoms with van der Waals surface area (Å²) in [5.41, 5.74) is 0.497. The lowest BCUT2D eigenvalue weighted by atomic mass is 9.74. The van der Waals surface area contributed by atoms with Crippen molar-refractivity contribution in [2.45, 2.75) is 90.2 Å². The van der Waals surface area contributed by atoms with E-state index in [1.807, 2.05) is 0 Å². The van der Waals surface area contributed by atoms with Gasteiger partial charge in [0.2, 0.25) is 5.69 Å². The number of aliphatic carboxylic acids is 1. The van der Waals surface area contributed by atoms with Crippen molar-refractivity contribution in [2.24, 2.45) is 0 Å². The molecule has 472 valence electrons. The molecule has 2 aliphatic rings. The van der Waals surface area contributed by atoms with Crippen molar-refractivity contribution in [3.05, 3.63) is 124 Å². The van der Waals surface area contributed by atoms with Gasteiger partial charge in [-0.1, -0.05) is 12.1 Å². The van der Waals surface area contributed by atoms with Crippen LogP contribution in [0.5, 0.6) is 0 Å². The fourth-order valence-electron chi connectivity index (χ4n) is 11.6. The van der Waals surface area contributed by atoms with Crippen LogP contribution in [0.25, 0.3) is 27.1 Å². The molecule has 32 heteroatoms. The van der Waals surface area contributed by atoms with E-state index in [0.29, 0.717) is 45.8 Å². The molecule has 5 aromatic rings. The maximum atomic E-state index is 13.5. The molecule has 0 spiro atoms. The van der Waals surface area contributed by atoms with Crippen LogP contribution in [-0.4, -0.2) is 164 Å². The van der Waals surface area contributed by atoms with Crippen molar-refractivity contribution in [3.63, 3.8) is 0 Å². The third kappa shape index (κ3) is 14.9. The number of aryl methyl sites for hydroxylation is 2. The zero-order valence-corrected chi connectivity index (χ0v) is 52.4. The number of anilines is 1. The SMILES string of the molecule is COCCC1(C)C(/C=C/C(=C/C=C2/N(CCCS(=O)(=O)O)c3ccc4c(S(=O)(=O)O)cc(S(=O)(=O)O)cc4c3C2(C)CCOC)c2c(C)cc(C(=O)NCCC(=O)O)cc2C)=[N+](CCCS(=O)(=O)O)c2ccc3c(S(=O)(=O)[O-])cc(S(=O)(=O)O)cc3c21. The summed E-state index contributed by atoms with van der Waals surface area (Å²) in [5, 5.41) is 11.2. The molecule has 87 heavy (non-hydrogen) atoms. The summed E-state index contributed by atoms with van der Waals surface area (Å²) in [7, 11) is -27.5. The predicted molar refractivity (Wildman–Crippen MR) is 318 cm³/mol. The van der Waals surface area contributed by atoms with E-state index in [9.17, 15) is 92.5 Å². The van der Waals surface area contributed by atoms with Crippen LogP contribution in [0.3, 0.4) is 0 Å². The average molecular weight is 1330 g/mol.